The molecule has 2 heterocycles. The van der Waals surface area contributed by atoms with E-state index in [2.05, 4.69) is 9.72 Å². The van der Waals surface area contributed by atoms with E-state index in [4.69, 9.17) is 5.73 Å². The molecule has 2 N–H and O–H groups in total. The molecule has 0 aromatic carbocycles. The van der Waals surface area contributed by atoms with Crippen molar-refractivity contribution >= 4 is 34.8 Å². The van der Waals surface area contributed by atoms with E-state index in [1.54, 1.807) is 6.92 Å². The van der Waals surface area contributed by atoms with Gasteiger partial charge in [-0.05, 0) is 6.92 Å². The molecule has 0 unspecified atom stereocenters. The molecule has 24 heavy (non-hydrogen) atoms. The highest BCUT2D eigenvalue weighted by atomic mass is 32.2. The second kappa shape index (κ2) is 6.51. The molecule has 0 aliphatic rings. The van der Waals surface area contributed by atoms with E-state index in [0.29, 0.717) is 0 Å². The van der Waals surface area contributed by atoms with Crippen LogP contribution in [0.25, 0.3) is 11.2 Å². The van der Waals surface area contributed by atoms with Crippen molar-refractivity contribution in [3.05, 3.63) is 20.8 Å². The van der Waals surface area contributed by atoms with Crippen molar-refractivity contribution in [3.8, 4) is 0 Å². The molecular weight excluding hydrogens is 338 g/mol. The van der Waals surface area contributed by atoms with Crippen LogP contribution in [-0.2, 0) is 35.0 Å². The van der Waals surface area contributed by atoms with Gasteiger partial charge in [-0.2, -0.15) is 0 Å². The zero-order valence-corrected chi connectivity index (χ0v) is 14.4. The van der Waals surface area contributed by atoms with Crippen LogP contribution in [0.3, 0.4) is 0 Å². The first-order chi connectivity index (χ1) is 11.2. The standard InChI is InChI=1S/C13H17N5O5S/c1-6(11(21)23-4)24-12-15-9-8(18(12)5-7(14)19)10(20)17(3)13(22)16(9)2/h6H,5H2,1-4H3,(H2,14,19)/t6-/m1/s1. The maximum absolute atomic E-state index is 12.4. The van der Waals surface area contributed by atoms with Crippen molar-refractivity contribution in [2.24, 2.45) is 19.8 Å². The number of amides is 1. The molecule has 11 heteroatoms. The van der Waals surface area contributed by atoms with Gasteiger partial charge in [0.05, 0.1) is 7.11 Å². The van der Waals surface area contributed by atoms with E-state index in [9.17, 15) is 19.2 Å². The summed E-state index contributed by atoms with van der Waals surface area (Å²) < 4.78 is 8.08. The largest absolute Gasteiger partial charge is 0.468 e. The van der Waals surface area contributed by atoms with Crippen LogP contribution in [0, 0.1) is 0 Å². The number of rotatable bonds is 5. The number of carbonyl (C=O) groups is 2. The number of nitrogens with zero attached hydrogens (tertiary/aromatic N) is 4. The Morgan fingerprint density at radius 3 is 2.46 bits per heavy atom. The van der Waals surface area contributed by atoms with Gasteiger partial charge >= 0.3 is 11.7 Å². The van der Waals surface area contributed by atoms with E-state index >= 15 is 0 Å². The Bertz CT molecular complexity index is 941. The number of thioether (sulfide) groups is 1. The van der Waals surface area contributed by atoms with Gasteiger partial charge in [0.1, 0.15) is 11.8 Å². The smallest absolute Gasteiger partial charge is 0.332 e. The summed E-state index contributed by atoms with van der Waals surface area (Å²) in [5, 5.41) is -0.403. The lowest BCUT2D eigenvalue weighted by molar-refractivity contribution is -0.139. The molecule has 0 saturated heterocycles. The predicted octanol–water partition coefficient (Wildman–Crippen LogP) is -1.43. The summed E-state index contributed by atoms with van der Waals surface area (Å²) >= 11 is 1.01. The summed E-state index contributed by atoms with van der Waals surface area (Å²) in [6, 6.07) is 0. The third kappa shape index (κ3) is 2.94. The number of nitrogens with two attached hydrogens (primary N) is 1. The highest BCUT2D eigenvalue weighted by Gasteiger charge is 2.24. The molecule has 0 radical (unpaired) electrons. The lowest BCUT2D eigenvalue weighted by Gasteiger charge is -2.10. The minimum absolute atomic E-state index is 0.0676. The van der Waals surface area contributed by atoms with Gasteiger partial charge in [0.2, 0.25) is 5.91 Å². The van der Waals surface area contributed by atoms with Crippen molar-refractivity contribution in [3.63, 3.8) is 0 Å². The number of primary amides is 1. The quantitative estimate of drug-likeness (QED) is 0.514. The first-order valence-electron chi connectivity index (χ1n) is 6.88. The number of imidazole rings is 1. The number of fused-ring (bicyclic) bond motifs is 1. The molecule has 0 aliphatic heterocycles. The van der Waals surface area contributed by atoms with E-state index in [1.165, 1.54) is 30.3 Å². The summed E-state index contributed by atoms with van der Waals surface area (Å²) in [6.07, 6.45) is 0. The molecule has 0 bridgehead atoms. The average molecular weight is 355 g/mol. The number of methoxy groups -OCH3 is 1. The summed E-state index contributed by atoms with van der Waals surface area (Å²) in [6.45, 7) is 1.29. The van der Waals surface area contributed by atoms with Gasteiger partial charge in [-0.25, -0.2) is 9.78 Å². The number of hydrogen-bond donors (Lipinski definition) is 1. The predicted molar refractivity (Wildman–Crippen MR) is 86.7 cm³/mol. The highest BCUT2D eigenvalue weighted by molar-refractivity contribution is 8.00. The minimum atomic E-state index is -0.683. The number of ether oxygens (including phenoxy) is 1. The molecule has 10 nitrogen and oxygen atoms in total. The Hall–Kier alpha value is -2.56. The molecule has 0 saturated carbocycles. The Morgan fingerprint density at radius 2 is 1.92 bits per heavy atom. The number of aryl methyl sites for hydroxylation is 1. The summed E-state index contributed by atoms with van der Waals surface area (Å²) in [4.78, 5) is 51.7. The second-order valence-corrected chi connectivity index (χ2v) is 6.42. The van der Waals surface area contributed by atoms with Crippen LogP contribution in [0.4, 0.5) is 0 Å². The third-order valence-corrected chi connectivity index (χ3v) is 4.51. The van der Waals surface area contributed by atoms with Crippen molar-refractivity contribution < 1.29 is 14.3 Å². The van der Waals surface area contributed by atoms with Gasteiger partial charge < -0.3 is 15.0 Å². The van der Waals surface area contributed by atoms with E-state index < -0.39 is 28.4 Å². The first kappa shape index (κ1) is 17.8. The summed E-state index contributed by atoms with van der Waals surface area (Å²) in [5.74, 6) is -1.17. The van der Waals surface area contributed by atoms with Crippen molar-refractivity contribution in [1.82, 2.24) is 18.7 Å². The van der Waals surface area contributed by atoms with Crippen molar-refractivity contribution in [2.75, 3.05) is 7.11 Å². The maximum atomic E-state index is 12.4. The third-order valence-electron chi connectivity index (χ3n) is 3.44. The monoisotopic (exact) mass is 355 g/mol. The molecule has 1 amide bonds. The van der Waals surface area contributed by atoms with Crippen LogP contribution in [0.15, 0.2) is 14.7 Å². The van der Waals surface area contributed by atoms with Gasteiger partial charge in [0, 0.05) is 14.1 Å². The number of aromatic nitrogens is 4. The Balaban J connectivity index is 2.76. The molecular formula is C13H17N5O5S. The first-order valence-corrected chi connectivity index (χ1v) is 7.76. The number of esters is 1. The van der Waals surface area contributed by atoms with E-state index in [-0.39, 0.29) is 22.9 Å². The molecule has 2 rings (SSSR count). The lowest BCUT2D eigenvalue weighted by Crippen LogP contribution is -2.38. The summed E-state index contributed by atoms with van der Waals surface area (Å²) in [5.41, 5.74) is 4.29. The Morgan fingerprint density at radius 1 is 1.29 bits per heavy atom. The maximum Gasteiger partial charge on any atom is 0.332 e. The second-order valence-electron chi connectivity index (χ2n) is 5.11. The summed E-state index contributed by atoms with van der Waals surface area (Å²) in [7, 11) is 4.05. The molecule has 0 aliphatic carbocycles. The normalized spacial score (nSPS) is 12.3. The average Bonchev–Trinajstić information content (AvgIpc) is 2.87. The molecule has 0 spiro atoms. The molecule has 2 aromatic rings. The number of hydrogen-bond acceptors (Lipinski definition) is 7. The van der Waals surface area contributed by atoms with Gasteiger partial charge in [-0.1, -0.05) is 11.8 Å². The van der Waals surface area contributed by atoms with Gasteiger partial charge in [0.25, 0.3) is 5.56 Å². The van der Waals surface area contributed by atoms with Crippen molar-refractivity contribution in [2.45, 2.75) is 23.9 Å². The van der Waals surface area contributed by atoms with Gasteiger partial charge in [0.15, 0.2) is 16.3 Å². The van der Waals surface area contributed by atoms with Crippen LogP contribution in [0.5, 0.6) is 0 Å². The molecule has 130 valence electrons. The van der Waals surface area contributed by atoms with Gasteiger partial charge in [-0.15, -0.1) is 0 Å². The molecule has 2 aromatic heterocycles. The molecule has 0 fully saturated rings. The Kier molecular flexibility index (Phi) is 4.83. The number of carbonyl (C=O) groups excluding carboxylic acids is 2. The fraction of sp³-hybridized carbons (Fsp3) is 0.462. The van der Waals surface area contributed by atoms with Gasteiger partial charge in [-0.3, -0.25) is 23.5 Å². The van der Waals surface area contributed by atoms with E-state index in [0.717, 1.165) is 16.3 Å². The van der Waals surface area contributed by atoms with Crippen LogP contribution in [-0.4, -0.2) is 42.9 Å². The lowest BCUT2D eigenvalue weighted by atomic mass is 10.5. The topological polar surface area (TPSA) is 131 Å². The van der Waals surface area contributed by atoms with E-state index in [1.807, 2.05) is 0 Å². The van der Waals surface area contributed by atoms with Crippen molar-refractivity contribution in [1.29, 1.82) is 0 Å². The highest BCUT2D eigenvalue weighted by Crippen LogP contribution is 2.26. The Labute approximate surface area is 140 Å². The SMILES string of the molecule is COC(=O)[C@@H](C)Sc1nc2c(c(=O)n(C)c(=O)n2C)n1CC(N)=O. The zero-order valence-electron chi connectivity index (χ0n) is 13.6. The van der Waals surface area contributed by atoms with Crippen LogP contribution in [0.2, 0.25) is 0 Å². The fourth-order valence-electron chi connectivity index (χ4n) is 2.19. The van der Waals surface area contributed by atoms with Crippen LogP contribution in [0.1, 0.15) is 6.92 Å². The molecule has 1 atom stereocenters. The minimum Gasteiger partial charge on any atom is -0.468 e. The fourth-order valence-corrected chi connectivity index (χ4v) is 3.12. The zero-order chi connectivity index (χ0) is 18.2. The van der Waals surface area contributed by atoms with Crippen LogP contribution < -0.4 is 17.0 Å². The van der Waals surface area contributed by atoms with Crippen LogP contribution >= 0.6 is 11.8 Å².